The quantitative estimate of drug-likeness (QED) is 0.717. The summed E-state index contributed by atoms with van der Waals surface area (Å²) in [6.07, 6.45) is 0. The van der Waals surface area contributed by atoms with Crippen LogP contribution in [0.5, 0.6) is 11.6 Å². The molecular weight excluding hydrogens is 350 g/mol. The van der Waals surface area contributed by atoms with Crippen LogP contribution in [0.3, 0.4) is 0 Å². The van der Waals surface area contributed by atoms with E-state index in [0.717, 1.165) is 15.2 Å². The van der Waals surface area contributed by atoms with Crippen molar-refractivity contribution >= 4 is 32.7 Å². The molecule has 0 saturated carbocycles. The number of aromatic nitrogens is 3. The van der Waals surface area contributed by atoms with Crippen LogP contribution in [0.15, 0.2) is 40.9 Å². The summed E-state index contributed by atoms with van der Waals surface area (Å²) in [6.45, 7) is 1.99. The van der Waals surface area contributed by atoms with Crippen molar-refractivity contribution in [2.75, 3.05) is 6.61 Å². The SMILES string of the molecule is CCOC(=O)c1[nH]nnc1Oc1ccc2cc(Br)ccc2c1. The highest BCUT2D eigenvalue weighted by molar-refractivity contribution is 9.10. The highest BCUT2D eigenvalue weighted by Gasteiger charge is 2.18. The molecule has 112 valence electrons. The molecule has 0 bridgehead atoms. The molecule has 22 heavy (non-hydrogen) atoms. The molecular formula is C15H12BrN3O3. The number of rotatable bonds is 4. The Morgan fingerprint density at radius 3 is 2.82 bits per heavy atom. The zero-order valence-electron chi connectivity index (χ0n) is 11.7. The molecule has 0 aliphatic rings. The molecule has 0 atom stereocenters. The summed E-state index contributed by atoms with van der Waals surface area (Å²) in [6, 6.07) is 11.5. The number of nitrogens with zero attached hydrogens (tertiary/aromatic N) is 2. The van der Waals surface area contributed by atoms with Gasteiger partial charge in [0.05, 0.1) is 6.61 Å². The lowest BCUT2D eigenvalue weighted by Crippen LogP contribution is -2.06. The molecule has 0 unspecified atom stereocenters. The number of nitrogens with one attached hydrogen (secondary N) is 1. The van der Waals surface area contributed by atoms with Crippen molar-refractivity contribution in [1.29, 1.82) is 0 Å². The molecule has 0 spiro atoms. The van der Waals surface area contributed by atoms with Crippen molar-refractivity contribution in [2.45, 2.75) is 6.92 Å². The first kappa shape index (κ1) is 14.5. The highest BCUT2D eigenvalue weighted by Crippen LogP contribution is 2.27. The molecule has 0 radical (unpaired) electrons. The summed E-state index contributed by atoms with van der Waals surface area (Å²) in [7, 11) is 0. The molecule has 0 fully saturated rings. The van der Waals surface area contributed by atoms with Gasteiger partial charge in [0.15, 0.2) is 0 Å². The van der Waals surface area contributed by atoms with E-state index in [4.69, 9.17) is 9.47 Å². The Morgan fingerprint density at radius 1 is 1.23 bits per heavy atom. The largest absolute Gasteiger partial charge is 0.461 e. The Hall–Kier alpha value is -2.41. The van der Waals surface area contributed by atoms with Crippen LogP contribution in [0.25, 0.3) is 10.8 Å². The van der Waals surface area contributed by atoms with Crippen LogP contribution >= 0.6 is 15.9 Å². The van der Waals surface area contributed by atoms with E-state index < -0.39 is 5.97 Å². The van der Waals surface area contributed by atoms with Crippen molar-refractivity contribution < 1.29 is 14.3 Å². The number of esters is 1. The van der Waals surface area contributed by atoms with Crippen molar-refractivity contribution in [2.24, 2.45) is 0 Å². The number of aromatic amines is 1. The second-order valence-corrected chi connectivity index (χ2v) is 5.38. The third-order valence-corrected chi connectivity index (χ3v) is 3.48. The molecule has 3 aromatic rings. The Balaban J connectivity index is 1.89. The zero-order chi connectivity index (χ0) is 15.5. The predicted molar refractivity (Wildman–Crippen MR) is 84.1 cm³/mol. The van der Waals surface area contributed by atoms with E-state index in [2.05, 4.69) is 31.3 Å². The summed E-state index contributed by atoms with van der Waals surface area (Å²) in [5.41, 5.74) is 0.0951. The standard InChI is InChI=1S/C15H12BrN3O3/c1-2-21-15(20)13-14(18-19-17-13)22-12-6-4-9-7-11(16)5-3-10(9)8-12/h3-8H,2H2,1H3,(H,17,18,19). The number of carbonyl (C=O) groups excluding carboxylic acids is 1. The Labute approximate surface area is 134 Å². The van der Waals surface area contributed by atoms with Gasteiger partial charge in [0, 0.05) is 4.47 Å². The predicted octanol–water partition coefficient (Wildman–Crippen LogP) is 3.69. The van der Waals surface area contributed by atoms with Crippen molar-refractivity contribution in [3.05, 3.63) is 46.6 Å². The third-order valence-electron chi connectivity index (χ3n) is 2.98. The molecule has 1 heterocycles. The number of hydrogen-bond donors (Lipinski definition) is 1. The van der Waals surface area contributed by atoms with Gasteiger partial charge in [0.25, 0.3) is 5.88 Å². The van der Waals surface area contributed by atoms with Gasteiger partial charge in [-0.15, -0.1) is 0 Å². The monoisotopic (exact) mass is 361 g/mol. The minimum Gasteiger partial charge on any atom is -0.461 e. The minimum atomic E-state index is -0.549. The summed E-state index contributed by atoms with van der Waals surface area (Å²) in [4.78, 5) is 11.7. The summed E-state index contributed by atoms with van der Waals surface area (Å²) >= 11 is 3.43. The minimum absolute atomic E-state index is 0.0925. The molecule has 1 N–H and O–H groups in total. The number of ether oxygens (including phenoxy) is 2. The normalized spacial score (nSPS) is 10.6. The second kappa shape index (κ2) is 6.15. The fourth-order valence-corrected chi connectivity index (χ4v) is 2.37. The Morgan fingerprint density at radius 2 is 2.00 bits per heavy atom. The number of carbonyl (C=O) groups is 1. The van der Waals surface area contributed by atoms with E-state index in [9.17, 15) is 4.79 Å². The lowest BCUT2D eigenvalue weighted by molar-refractivity contribution is 0.0516. The van der Waals surface area contributed by atoms with Crippen LogP contribution in [0, 0.1) is 0 Å². The number of benzene rings is 2. The first-order valence-corrected chi connectivity index (χ1v) is 7.42. The lowest BCUT2D eigenvalue weighted by Gasteiger charge is -2.06. The van der Waals surface area contributed by atoms with E-state index in [-0.39, 0.29) is 18.2 Å². The van der Waals surface area contributed by atoms with Crippen LogP contribution in [0.2, 0.25) is 0 Å². The lowest BCUT2D eigenvalue weighted by atomic mass is 10.1. The maximum Gasteiger partial charge on any atom is 0.362 e. The van der Waals surface area contributed by atoms with Gasteiger partial charge >= 0.3 is 5.97 Å². The molecule has 1 aromatic heterocycles. The van der Waals surface area contributed by atoms with Gasteiger partial charge in [-0.25, -0.2) is 9.89 Å². The Bertz CT molecular complexity index is 832. The van der Waals surface area contributed by atoms with E-state index in [0.29, 0.717) is 5.75 Å². The van der Waals surface area contributed by atoms with Gasteiger partial charge < -0.3 is 9.47 Å². The van der Waals surface area contributed by atoms with Gasteiger partial charge in [0.1, 0.15) is 5.75 Å². The first-order chi connectivity index (χ1) is 10.7. The van der Waals surface area contributed by atoms with Gasteiger partial charge in [-0.05, 0) is 42.0 Å². The number of hydrogen-bond acceptors (Lipinski definition) is 5. The average molecular weight is 362 g/mol. The van der Waals surface area contributed by atoms with Crippen LogP contribution in [-0.2, 0) is 4.74 Å². The molecule has 0 amide bonds. The maximum atomic E-state index is 11.7. The van der Waals surface area contributed by atoms with Crippen molar-refractivity contribution in [3.63, 3.8) is 0 Å². The van der Waals surface area contributed by atoms with Crippen molar-refractivity contribution in [3.8, 4) is 11.6 Å². The molecule has 0 aliphatic carbocycles. The van der Waals surface area contributed by atoms with Crippen LogP contribution in [0.4, 0.5) is 0 Å². The molecule has 0 saturated heterocycles. The Kier molecular flexibility index (Phi) is 4.06. The van der Waals surface area contributed by atoms with Gasteiger partial charge in [-0.1, -0.05) is 38.4 Å². The van der Waals surface area contributed by atoms with Crippen LogP contribution in [0.1, 0.15) is 17.4 Å². The molecule has 2 aromatic carbocycles. The van der Waals surface area contributed by atoms with Gasteiger partial charge in [0.2, 0.25) is 5.69 Å². The highest BCUT2D eigenvalue weighted by atomic mass is 79.9. The van der Waals surface area contributed by atoms with Gasteiger partial charge in [-0.2, -0.15) is 0 Å². The van der Waals surface area contributed by atoms with E-state index in [1.54, 1.807) is 13.0 Å². The molecule has 3 rings (SSSR count). The summed E-state index contributed by atoms with van der Waals surface area (Å²) in [5, 5.41) is 11.9. The van der Waals surface area contributed by atoms with Crippen molar-refractivity contribution in [1.82, 2.24) is 15.4 Å². The average Bonchev–Trinajstić information content (AvgIpc) is 2.96. The van der Waals surface area contributed by atoms with Gasteiger partial charge in [-0.3, -0.25) is 0 Å². The topological polar surface area (TPSA) is 77.1 Å². The maximum absolute atomic E-state index is 11.7. The molecule has 7 heteroatoms. The molecule has 6 nitrogen and oxygen atoms in total. The third kappa shape index (κ3) is 2.94. The smallest absolute Gasteiger partial charge is 0.362 e. The molecule has 0 aliphatic heterocycles. The summed E-state index contributed by atoms with van der Waals surface area (Å²) in [5.74, 6) is 0.108. The van der Waals surface area contributed by atoms with E-state index in [1.165, 1.54) is 0 Å². The fourth-order valence-electron chi connectivity index (χ4n) is 2.00. The fraction of sp³-hybridized carbons (Fsp3) is 0.133. The van der Waals surface area contributed by atoms with Crippen LogP contribution < -0.4 is 4.74 Å². The van der Waals surface area contributed by atoms with Crippen LogP contribution in [-0.4, -0.2) is 28.0 Å². The first-order valence-electron chi connectivity index (χ1n) is 6.62. The number of halogens is 1. The zero-order valence-corrected chi connectivity index (χ0v) is 13.3. The number of H-pyrrole nitrogens is 1. The second-order valence-electron chi connectivity index (χ2n) is 4.47. The van der Waals surface area contributed by atoms with E-state index in [1.807, 2.05) is 30.3 Å². The summed E-state index contributed by atoms with van der Waals surface area (Å²) < 4.78 is 11.6. The van der Waals surface area contributed by atoms with E-state index >= 15 is 0 Å². The number of fused-ring (bicyclic) bond motifs is 1.